The molecule has 5 atom stereocenters. The first kappa shape index (κ1) is 28.9. The molecule has 5 rings (SSSR count). The van der Waals surface area contributed by atoms with Crippen LogP contribution in [0.1, 0.15) is 61.3 Å². The van der Waals surface area contributed by atoms with Crippen LogP contribution < -0.4 is 5.32 Å². The predicted octanol–water partition coefficient (Wildman–Crippen LogP) is 3.92. The second-order valence-corrected chi connectivity index (χ2v) is 11.6. The summed E-state index contributed by atoms with van der Waals surface area (Å²) >= 11 is 0. The number of nitrogens with one attached hydrogen (secondary N) is 1. The number of esters is 1. The SMILES string of the molecule is CC(C)(C)OC(=O)[C@H]1[C@H](c2ccc([N+](=O)[O-])cc2)N2[C@H](c3ccccc3)[C@@H](NC(=O)c3ccccc3)C(=O)N2[C@]1(C)O. The third-order valence-electron chi connectivity index (χ3n) is 7.50. The first-order valence-electron chi connectivity index (χ1n) is 13.5. The molecular formula is C31H32N4O7. The van der Waals surface area contributed by atoms with Gasteiger partial charge in [0.2, 0.25) is 0 Å². The fraction of sp³-hybridized carbons (Fsp3) is 0.323. The number of nitro benzene ring substituents is 1. The van der Waals surface area contributed by atoms with Crippen LogP contribution in [0.25, 0.3) is 0 Å². The van der Waals surface area contributed by atoms with Gasteiger partial charge in [-0.3, -0.25) is 24.5 Å². The van der Waals surface area contributed by atoms with Gasteiger partial charge in [-0.15, -0.1) is 0 Å². The van der Waals surface area contributed by atoms with E-state index in [0.29, 0.717) is 16.7 Å². The van der Waals surface area contributed by atoms with Crippen LogP contribution in [0.15, 0.2) is 84.9 Å². The van der Waals surface area contributed by atoms with Gasteiger partial charge in [-0.25, -0.2) is 5.01 Å². The lowest BCUT2D eigenvalue weighted by molar-refractivity contribution is -0.384. The van der Waals surface area contributed by atoms with Gasteiger partial charge in [-0.2, -0.15) is 5.01 Å². The van der Waals surface area contributed by atoms with Gasteiger partial charge in [0, 0.05) is 17.7 Å². The van der Waals surface area contributed by atoms with Crippen molar-refractivity contribution in [1.82, 2.24) is 15.3 Å². The number of hydrogen-bond acceptors (Lipinski definition) is 8. The Morgan fingerprint density at radius 3 is 2.02 bits per heavy atom. The zero-order valence-electron chi connectivity index (χ0n) is 23.6. The van der Waals surface area contributed by atoms with Gasteiger partial charge in [-0.1, -0.05) is 60.7 Å². The van der Waals surface area contributed by atoms with Crippen molar-refractivity contribution in [1.29, 1.82) is 0 Å². The molecule has 0 radical (unpaired) electrons. The van der Waals surface area contributed by atoms with Crippen LogP contribution in [-0.4, -0.2) is 55.2 Å². The number of non-ortho nitro benzene ring substituents is 1. The summed E-state index contributed by atoms with van der Waals surface area (Å²) in [5.74, 6) is -3.13. The quantitative estimate of drug-likeness (QED) is 0.257. The Kier molecular flexibility index (Phi) is 7.33. The number of fused-ring (bicyclic) bond motifs is 1. The molecule has 0 aromatic heterocycles. The Bertz CT molecular complexity index is 1500. The van der Waals surface area contributed by atoms with Gasteiger partial charge in [0.25, 0.3) is 17.5 Å². The normalized spacial score (nSPS) is 25.6. The molecule has 2 N–H and O–H groups in total. The summed E-state index contributed by atoms with van der Waals surface area (Å²) in [6.07, 6.45) is 0. The number of hydrogen-bond donors (Lipinski definition) is 2. The van der Waals surface area contributed by atoms with Crippen LogP contribution in [0.4, 0.5) is 5.69 Å². The minimum atomic E-state index is -2.08. The van der Waals surface area contributed by atoms with E-state index in [1.54, 1.807) is 80.4 Å². The van der Waals surface area contributed by atoms with Crippen molar-refractivity contribution >= 4 is 23.5 Å². The summed E-state index contributed by atoms with van der Waals surface area (Å²) in [5, 5.41) is 29.0. The summed E-state index contributed by atoms with van der Waals surface area (Å²) in [4.78, 5) is 52.1. The first-order chi connectivity index (χ1) is 19.8. The van der Waals surface area contributed by atoms with Crippen molar-refractivity contribution in [3.8, 4) is 0 Å². The molecule has 2 saturated heterocycles. The summed E-state index contributed by atoms with van der Waals surface area (Å²) in [5.41, 5.74) is -1.68. The summed E-state index contributed by atoms with van der Waals surface area (Å²) in [6.45, 7) is 6.46. The Balaban J connectivity index is 1.67. The van der Waals surface area contributed by atoms with Gasteiger partial charge in [0.1, 0.15) is 17.6 Å². The number of ether oxygens (including phenoxy) is 1. The molecule has 2 heterocycles. The molecule has 3 aromatic rings. The van der Waals surface area contributed by atoms with Crippen LogP contribution in [0.3, 0.4) is 0 Å². The number of hydrazine groups is 1. The van der Waals surface area contributed by atoms with Crippen molar-refractivity contribution in [3.05, 3.63) is 112 Å². The van der Waals surface area contributed by atoms with E-state index in [2.05, 4.69) is 5.32 Å². The molecule has 0 unspecified atom stereocenters. The predicted molar refractivity (Wildman–Crippen MR) is 151 cm³/mol. The number of benzene rings is 3. The van der Waals surface area contributed by atoms with Crippen molar-refractivity contribution < 1.29 is 29.2 Å². The molecular weight excluding hydrogens is 540 g/mol. The third-order valence-corrected chi connectivity index (χ3v) is 7.50. The monoisotopic (exact) mass is 572 g/mol. The lowest BCUT2D eigenvalue weighted by Gasteiger charge is -2.33. The third kappa shape index (κ3) is 5.12. The first-order valence-corrected chi connectivity index (χ1v) is 13.5. The zero-order chi connectivity index (χ0) is 30.4. The summed E-state index contributed by atoms with van der Waals surface area (Å²) in [7, 11) is 0. The molecule has 11 heteroatoms. The second-order valence-electron chi connectivity index (χ2n) is 11.6. The summed E-state index contributed by atoms with van der Waals surface area (Å²) < 4.78 is 5.72. The molecule has 2 fully saturated rings. The van der Waals surface area contributed by atoms with Crippen LogP contribution in [0.5, 0.6) is 0 Å². The van der Waals surface area contributed by atoms with E-state index in [1.807, 2.05) is 6.07 Å². The zero-order valence-corrected chi connectivity index (χ0v) is 23.6. The van der Waals surface area contributed by atoms with Gasteiger partial charge in [0.15, 0.2) is 5.72 Å². The van der Waals surface area contributed by atoms with E-state index in [1.165, 1.54) is 31.2 Å². The molecule has 0 saturated carbocycles. The van der Waals surface area contributed by atoms with E-state index in [0.717, 1.165) is 5.01 Å². The number of nitrogens with zero attached hydrogens (tertiary/aromatic N) is 3. The number of aliphatic hydroxyl groups is 1. The second kappa shape index (κ2) is 10.7. The minimum absolute atomic E-state index is 0.153. The van der Waals surface area contributed by atoms with Crippen molar-refractivity contribution in [2.24, 2.45) is 5.92 Å². The highest BCUT2D eigenvalue weighted by Crippen LogP contribution is 2.55. The molecule has 0 bridgehead atoms. The Morgan fingerprint density at radius 2 is 1.48 bits per heavy atom. The van der Waals surface area contributed by atoms with Crippen LogP contribution in [0.2, 0.25) is 0 Å². The number of carbonyl (C=O) groups is 3. The Labute approximate surface area is 242 Å². The molecule has 42 heavy (non-hydrogen) atoms. The van der Waals surface area contributed by atoms with E-state index < -0.39 is 58.1 Å². The topological polar surface area (TPSA) is 142 Å². The van der Waals surface area contributed by atoms with Gasteiger partial charge < -0.3 is 15.2 Å². The Hall–Kier alpha value is -4.61. The number of nitro groups is 1. The molecule has 0 spiro atoms. The molecule has 0 aliphatic carbocycles. The fourth-order valence-corrected chi connectivity index (χ4v) is 5.80. The Morgan fingerprint density at radius 1 is 0.929 bits per heavy atom. The van der Waals surface area contributed by atoms with Crippen molar-refractivity contribution in [3.63, 3.8) is 0 Å². The standard InChI is InChI=1S/C31H32N4O7/c1-30(2,3)42-29(38)23-25(20-15-17-22(18-16-20)35(40)41)33-26(19-11-7-5-8-12-19)24(28(37)34(33)31(23,4)39)32-27(36)21-13-9-6-10-14-21/h5-18,23-26,39H,1-4H3,(H,32,36)/t23-,24-,25+,26-,31-/m1/s1. The highest BCUT2D eigenvalue weighted by molar-refractivity contribution is 5.98. The van der Waals surface area contributed by atoms with E-state index in [-0.39, 0.29) is 5.69 Å². The maximum atomic E-state index is 14.2. The van der Waals surface area contributed by atoms with Gasteiger partial charge >= 0.3 is 5.97 Å². The van der Waals surface area contributed by atoms with E-state index in [4.69, 9.17) is 4.74 Å². The summed E-state index contributed by atoms with van der Waals surface area (Å²) in [6, 6.07) is 20.1. The van der Waals surface area contributed by atoms with Crippen LogP contribution >= 0.6 is 0 Å². The van der Waals surface area contributed by atoms with Crippen molar-refractivity contribution in [2.75, 3.05) is 0 Å². The molecule has 218 valence electrons. The maximum Gasteiger partial charge on any atom is 0.316 e. The van der Waals surface area contributed by atoms with Crippen LogP contribution in [-0.2, 0) is 14.3 Å². The molecule has 3 aromatic carbocycles. The lowest BCUT2D eigenvalue weighted by Crippen LogP contribution is -2.54. The fourth-order valence-electron chi connectivity index (χ4n) is 5.80. The lowest BCUT2D eigenvalue weighted by atomic mass is 9.84. The maximum absolute atomic E-state index is 14.2. The molecule has 2 aliphatic heterocycles. The van der Waals surface area contributed by atoms with Crippen LogP contribution in [0, 0.1) is 16.0 Å². The average molecular weight is 573 g/mol. The van der Waals surface area contributed by atoms with Gasteiger partial charge in [0.05, 0.1) is 17.0 Å². The number of rotatable bonds is 6. The largest absolute Gasteiger partial charge is 0.460 e. The number of carbonyl (C=O) groups excluding carboxylic acids is 3. The van der Waals surface area contributed by atoms with E-state index in [9.17, 15) is 29.6 Å². The number of amides is 2. The molecule has 2 amide bonds. The highest BCUT2D eigenvalue weighted by atomic mass is 16.6. The smallest absolute Gasteiger partial charge is 0.316 e. The van der Waals surface area contributed by atoms with Gasteiger partial charge in [-0.05, 0) is 51.0 Å². The highest BCUT2D eigenvalue weighted by Gasteiger charge is 2.68. The molecule has 2 aliphatic rings. The minimum Gasteiger partial charge on any atom is -0.460 e. The van der Waals surface area contributed by atoms with Crippen molar-refractivity contribution in [2.45, 2.75) is 57.1 Å². The van der Waals surface area contributed by atoms with E-state index >= 15 is 0 Å². The molecule has 11 nitrogen and oxygen atoms in total. The average Bonchev–Trinajstić information content (AvgIpc) is 3.36.